The molecule has 0 saturated carbocycles. The summed E-state index contributed by atoms with van der Waals surface area (Å²) in [5.41, 5.74) is 6.66. The number of fused-ring (bicyclic) bond motifs is 1. The molecular formula is C27H29N5O4S. The number of thioether (sulfide) groups is 1. The average molecular weight is 520 g/mol. The van der Waals surface area contributed by atoms with Crippen molar-refractivity contribution in [1.82, 2.24) is 19.4 Å². The Bertz CT molecular complexity index is 1390. The van der Waals surface area contributed by atoms with Crippen LogP contribution in [0.1, 0.15) is 36.0 Å². The molecule has 10 heteroatoms. The molecule has 1 aromatic heterocycles. The second-order valence-corrected chi connectivity index (χ2v) is 10.4. The van der Waals surface area contributed by atoms with E-state index >= 15 is 0 Å². The quantitative estimate of drug-likeness (QED) is 0.395. The molecule has 3 amide bonds. The average Bonchev–Trinajstić information content (AvgIpc) is 3.47. The first-order chi connectivity index (χ1) is 17.9. The lowest BCUT2D eigenvalue weighted by Crippen LogP contribution is -2.41. The van der Waals surface area contributed by atoms with Crippen LogP contribution < -0.4 is 11.3 Å². The Hall–Kier alpha value is -3.66. The second kappa shape index (κ2) is 10.8. The van der Waals surface area contributed by atoms with Crippen LogP contribution in [0.3, 0.4) is 0 Å². The number of nitrogens with two attached hydrogens (primary N) is 1. The fraction of sp³-hybridized carbons (Fsp3) is 0.370. The first-order valence-electron chi connectivity index (χ1n) is 12.5. The fourth-order valence-electron chi connectivity index (χ4n) is 4.93. The summed E-state index contributed by atoms with van der Waals surface area (Å²) in [5.74, 6) is -0.498. The van der Waals surface area contributed by atoms with Gasteiger partial charge in [0.05, 0.1) is 22.3 Å². The van der Waals surface area contributed by atoms with Gasteiger partial charge in [0.1, 0.15) is 0 Å². The van der Waals surface area contributed by atoms with Crippen LogP contribution in [0.25, 0.3) is 16.6 Å². The minimum Gasteiger partial charge on any atom is -0.369 e. The van der Waals surface area contributed by atoms with Gasteiger partial charge in [-0.25, -0.2) is 4.98 Å². The first-order valence-corrected chi connectivity index (χ1v) is 13.5. The Kier molecular flexibility index (Phi) is 7.27. The van der Waals surface area contributed by atoms with Gasteiger partial charge in [-0.3, -0.25) is 23.7 Å². The number of primary amides is 1. The van der Waals surface area contributed by atoms with E-state index in [2.05, 4.69) is 0 Å². The minimum atomic E-state index is -0.329. The number of para-hydroxylation sites is 1. The van der Waals surface area contributed by atoms with Crippen LogP contribution in [-0.4, -0.2) is 69.0 Å². The van der Waals surface area contributed by atoms with Crippen molar-refractivity contribution in [3.8, 4) is 5.69 Å². The van der Waals surface area contributed by atoms with E-state index in [1.54, 1.807) is 23.1 Å². The fourth-order valence-corrected chi connectivity index (χ4v) is 5.85. The number of carbonyl (C=O) groups excluding carboxylic acids is 3. The number of benzene rings is 2. The van der Waals surface area contributed by atoms with Gasteiger partial charge >= 0.3 is 0 Å². The van der Waals surface area contributed by atoms with Crippen molar-refractivity contribution in [2.24, 2.45) is 11.7 Å². The summed E-state index contributed by atoms with van der Waals surface area (Å²) >= 11 is 1.23. The van der Waals surface area contributed by atoms with E-state index in [9.17, 15) is 19.2 Å². The summed E-state index contributed by atoms with van der Waals surface area (Å²) in [6.07, 6.45) is 3.10. The highest BCUT2D eigenvalue weighted by Gasteiger charge is 2.27. The normalized spacial score (nSPS) is 16.3. The van der Waals surface area contributed by atoms with E-state index in [0.29, 0.717) is 53.2 Å². The lowest BCUT2D eigenvalue weighted by Gasteiger charge is -2.30. The Balaban J connectivity index is 1.47. The molecule has 3 aromatic rings. The maximum Gasteiger partial charge on any atom is 0.266 e. The van der Waals surface area contributed by atoms with Crippen molar-refractivity contribution in [2.45, 2.75) is 30.8 Å². The van der Waals surface area contributed by atoms with Crippen molar-refractivity contribution in [2.75, 3.05) is 31.9 Å². The monoisotopic (exact) mass is 519 g/mol. The third-order valence-corrected chi connectivity index (χ3v) is 7.99. The summed E-state index contributed by atoms with van der Waals surface area (Å²) in [4.78, 5) is 59.3. The van der Waals surface area contributed by atoms with E-state index in [4.69, 9.17) is 10.7 Å². The Morgan fingerprint density at radius 1 is 0.946 bits per heavy atom. The molecule has 5 rings (SSSR count). The minimum absolute atomic E-state index is 0.0275. The van der Waals surface area contributed by atoms with Crippen LogP contribution >= 0.6 is 11.8 Å². The van der Waals surface area contributed by atoms with Crippen LogP contribution in [0.15, 0.2) is 58.5 Å². The number of likely N-dealkylation sites (tertiary alicyclic amines) is 2. The third kappa shape index (κ3) is 5.24. The molecule has 2 aliphatic rings. The zero-order valence-electron chi connectivity index (χ0n) is 20.5. The van der Waals surface area contributed by atoms with Gasteiger partial charge in [0.2, 0.25) is 11.8 Å². The SMILES string of the molecule is NC(=O)C1CCN(C(=O)c2ccc3c(=O)n(-c4ccccc4)c(SCC(=O)N4CCCC4)nc3c2)CC1. The molecule has 0 spiro atoms. The van der Waals surface area contributed by atoms with Crippen LogP contribution in [-0.2, 0) is 9.59 Å². The Morgan fingerprint density at radius 3 is 2.32 bits per heavy atom. The number of aromatic nitrogens is 2. The van der Waals surface area contributed by atoms with Crippen molar-refractivity contribution < 1.29 is 14.4 Å². The molecule has 0 bridgehead atoms. The molecule has 0 aliphatic carbocycles. The zero-order chi connectivity index (χ0) is 25.9. The van der Waals surface area contributed by atoms with Crippen LogP contribution in [0.5, 0.6) is 0 Å². The molecule has 2 aliphatic heterocycles. The number of carbonyl (C=O) groups is 3. The molecule has 2 fully saturated rings. The van der Waals surface area contributed by atoms with E-state index in [0.717, 1.165) is 25.9 Å². The van der Waals surface area contributed by atoms with Gasteiger partial charge in [-0.15, -0.1) is 0 Å². The first kappa shape index (κ1) is 25.0. The number of hydrogen-bond acceptors (Lipinski definition) is 6. The second-order valence-electron chi connectivity index (χ2n) is 9.45. The van der Waals surface area contributed by atoms with Crippen LogP contribution in [0, 0.1) is 5.92 Å². The van der Waals surface area contributed by atoms with Crippen LogP contribution in [0.2, 0.25) is 0 Å². The molecule has 3 heterocycles. The predicted molar refractivity (Wildman–Crippen MR) is 142 cm³/mol. The number of nitrogens with zero attached hydrogens (tertiary/aromatic N) is 4. The summed E-state index contributed by atoms with van der Waals surface area (Å²) in [5, 5.41) is 0.797. The summed E-state index contributed by atoms with van der Waals surface area (Å²) in [6.45, 7) is 2.43. The zero-order valence-corrected chi connectivity index (χ0v) is 21.3. The van der Waals surface area contributed by atoms with Gasteiger partial charge in [-0.1, -0.05) is 30.0 Å². The molecule has 2 saturated heterocycles. The molecule has 2 aromatic carbocycles. The predicted octanol–water partition coefficient (Wildman–Crippen LogP) is 2.44. The lowest BCUT2D eigenvalue weighted by molar-refractivity contribution is -0.127. The number of amides is 3. The lowest BCUT2D eigenvalue weighted by atomic mass is 9.96. The van der Waals surface area contributed by atoms with Gasteiger partial charge in [0.25, 0.3) is 11.5 Å². The summed E-state index contributed by atoms with van der Waals surface area (Å²) in [6, 6.07) is 14.1. The highest BCUT2D eigenvalue weighted by atomic mass is 32.2. The van der Waals surface area contributed by atoms with Crippen molar-refractivity contribution >= 4 is 40.4 Å². The molecule has 9 nitrogen and oxygen atoms in total. The maximum atomic E-state index is 13.6. The summed E-state index contributed by atoms with van der Waals surface area (Å²) < 4.78 is 1.53. The highest BCUT2D eigenvalue weighted by Crippen LogP contribution is 2.24. The van der Waals surface area contributed by atoms with Gasteiger partial charge in [-0.05, 0) is 56.0 Å². The maximum absolute atomic E-state index is 13.6. The standard InChI is InChI=1S/C27H29N5O4S/c28-24(34)18-10-14-31(15-11-18)25(35)19-8-9-21-22(16-19)29-27(37-17-23(33)30-12-4-5-13-30)32(26(21)36)20-6-2-1-3-7-20/h1-3,6-9,16,18H,4-5,10-15,17H2,(H2,28,34). The highest BCUT2D eigenvalue weighted by molar-refractivity contribution is 7.99. The van der Waals surface area contributed by atoms with E-state index < -0.39 is 0 Å². The number of piperidine rings is 1. The van der Waals surface area contributed by atoms with Crippen molar-refractivity contribution in [3.63, 3.8) is 0 Å². The van der Waals surface area contributed by atoms with E-state index in [1.165, 1.54) is 16.3 Å². The molecular weight excluding hydrogens is 490 g/mol. The third-order valence-electron chi connectivity index (χ3n) is 7.07. The number of hydrogen-bond donors (Lipinski definition) is 1. The van der Waals surface area contributed by atoms with Gasteiger partial charge in [0, 0.05) is 37.7 Å². The van der Waals surface area contributed by atoms with E-state index in [1.807, 2.05) is 35.2 Å². The van der Waals surface area contributed by atoms with Crippen molar-refractivity contribution in [1.29, 1.82) is 0 Å². The molecule has 2 N–H and O–H groups in total. The molecule has 0 unspecified atom stereocenters. The molecule has 192 valence electrons. The molecule has 37 heavy (non-hydrogen) atoms. The number of rotatable bonds is 6. The summed E-state index contributed by atoms with van der Waals surface area (Å²) in [7, 11) is 0. The van der Waals surface area contributed by atoms with Gasteiger partial charge < -0.3 is 15.5 Å². The molecule has 0 radical (unpaired) electrons. The smallest absolute Gasteiger partial charge is 0.266 e. The van der Waals surface area contributed by atoms with Gasteiger partial charge in [-0.2, -0.15) is 0 Å². The topological polar surface area (TPSA) is 119 Å². The molecule has 0 atom stereocenters. The van der Waals surface area contributed by atoms with Crippen LogP contribution in [0.4, 0.5) is 0 Å². The Morgan fingerprint density at radius 2 is 1.65 bits per heavy atom. The largest absolute Gasteiger partial charge is 0.369 e. The Labute approximate surface area is 218 Å². The van der Waals surface area contributed by atoms with Gasteiger partial charge in [0.15, 0.2) is 5.16 Å². The van der Waals surface area contributed by atoms with E-state index in [-0.39, 0.29) is 35.0 Å². The van der Waals surface area contributed by atoms with Crippen molar-refractivity contribution in [3.05, 3.63) is 64.4 Å².